The number of fused-ring (bicyclic) bond motifs is 1. The van der Waals surface area contributed by atoms with Crippen molar-refractivity contribution in [3.8, 4) is 0 Å². The summed E-state index contributed by atoms with van der Waals surface area (Å²) in [5.41, 5.74) is 0.680. The molecule has 0 radical (unpaired) electrons. The minimum absolute atomic E-state index is 0.00570. The van der Waals surface area contributed by atoms with Gasteiger partial charge in [-0.1, -0.05) is 11.6 Å². The molecule has 1 fully saturated rings. The van der Waals surface area contributed by atoms with E-state index >= 15 is 0 Å². The number of methoxy groups -OCH3 is 1. The lowest BCUT2D eigenvalue weighted by Gasteiger charge is -2.31. The molecule has 1 aromatic carbocycles. The second kappa shape index (κ2) is 8.18. The quantitative estimate of drug-likeness (QED) is 0.818. The van der Waals surface area contributed by atoms with Gasteiger partial charge in [-0.15, -0.1) is 11.8 Å². The number of amides is 3. The predicted octanol–water partition coefficient (Wildman–Crippen LogP) is 2.49. The molecule has 1 aromatic rings. The summed E-state index contributed by atoms with van der Waals surface area (Å²) in [6, 6.07) is 5.31. The molecule has 140 valence electrons. The van der Waals surface area contributed by atoms with Gasteiger partial charge >= 0.3 is 6.09 Å². The number of halogens is 1. The van der Waals surface area contributed by atoms with Crippen molar-refractivity contribution in [2.45, 2.75) is 35.4 Å². The fraction of sp³-hybridized carbons (Fsp3) is 0.471. The highest BCUT2D eigenvalue weighted by Gasteiger charge is 2.30. The Kier molecular flexibility index (Phi) is 5.93. The second-order valence-corrected chi connectivity index (χ2v) is 7.92. The van der Waals surface area contributed by atoms with Crippen molar-refractivity contribution in [2.75, 3.05) is 25.5 Å². The topological polar surface area (TPSA) is 87.7 Å². The SMILES string of the molecule is COC(=O)N1CCC(NC(=O)CC2Sc3ccc(Cl)cc3NC2=O)CC1. The van der Waals surface area contributed by atoms with E-state index in [4.69, 9.17) is 16.3 Å². The van der Waals surface area contributed by atoms with Crippen LogP contribution in [0.5, 0.6) is 0 Å². The van der Waals surface area contributed by atoms with Gasteiger partial charge in [-0.05, 0) is 31.0 Å². The van der Waals surface area contributed by atoms with E-state index in [9.17, 15) is 14.4 Å². The van der Waals surface area contributed by atoms with Gasteiger partial charge in [-0.3, -0.25) is 9.59 Å². The van der Waals surface area contributed by atoms with Gasteiger partial charge in [0, 0.05) is 35.5 Å². The lowest BCUT2D eigenvalue weighted by Crippen LogP contribution is -2.47. The van der Waals surface area contributed by atoms with Crippen LogP contribution < -0.4 is 10.6 Å². The highest BCUT2D eigenvalue weighted by atomic mass is 35.5. The first-order valence-corrected chi connectivity index (χ1v) is 9.61. The van der Waals surface area contributed by atoms with Crippen molar-refractivity contribution in [3.05, 3.63) is 23.2 Å². The number of carbonyl (C=O) groups excluding carboxylic acids is 3. The van der Waals surface area contributed by atoms with E-state index in [0.717, 1.165) is 4.90 Å². The molecule has 3 amide bonds. The summed E-state index contributed by atoms with van der Waals surface area (Å²) < 4.78 is 4.70. The van der Waals surface area contributed by atoms with Crippen LogP contribution in [0.4, 0.5) is 10.5 Å². The zero-order valence-electron chi connectivity index (χ0n) is 14.3. The fourth-order valence-corrected chi connectivity index (χ4v) is 4.31. The molecule has 0 aliphatic carbocycles. The van der Waals surface area contributed by atoms with Crippen LogP contribution in [0.2, 0.25) is 5.02 Å². The molecule has 1 atom stereocenters. The minimum atomic E-state index is -0.473. The van der Waals surface area contributed by atoms with Gasteiger partial charge in [0.2, 0.25) is 11.8 Å². The van der Waals surface area contributed by atoms with Crippen LogP contribution in [0.1, 0.15) is 19.3 Å². The number of nitrogens with zero attached hydrogens (tertiary/aromatic N) is 1. The molecule has 7 nitrogen and oxygen atoms in total. The predicted molar refractivity (Wildman–Crippen MR) is 99.5 cm³/mol. The van der Waals surface area contributed by atoms with E-state index in [1.165, 1.54) is 18.9 Å². The number of ether oxygens (including phenoxy) is 1. The summed E-state index contributed by atoms with van der Waals surface area (Å²) in [5, 5.41) is 5.85. The van der Waals surface area contributed by atoms with Gasteiger partial charge in [0.25, 0.3) is 0 Å². The number of benzene rings is 1. The smallest absolute Gasteiger partial charge is 0.409 e. The normalized spacial score (nSPS) is 20.2. The summed E-state index contributed by atoms with van der Waals surface area (Å²) in [5.74, 6) is -0.355. The van der Waals surface area contributed by atoms with Crippen LogP contribution in [-0.2, 0) is 14.3 Å². The molecule has 0 saturated carbocycles. The van der Waals surface area contributed by atoms with Crippen molar-refractivity contribution in [2.24, 2.45) is 0 Å². The lowest BCUT2D eigenvalue weighted by atomic mass is 10.1. The Morgan fingerprint density at radius 2 is 2.12 bits per heavy atom. The standard InChI is InChI=1S/C17H20ClN3O4S/c1-25-17(24)21-6-4-11(5-7-21)19-15(22)9-14-16(23)20-12-8-10(18)2-3-13(12)26-14/h2-3,8,11,14H,4-7,9H2,1H3,(H,19,22)(H,20,23). The van der Waals surface area contributed by atoms with Crippen molar-refractivity contribution < 1.29 is 19.1 Å². The van der Waals surface area contributed by atoms with Crippen molar-refractivity contribution in [3.63, 3.8) is 0 Å². The minimum Gasteiger partial charge on any atom is -0.453 e. The number of anilines is 1. The molecule has 9 heteroatoms. The summed E-state index contributed by atoms with van der Waals surface area (Å²) in [6.07, 6.45) is 1.11. The molecule has 0 bridgehead atoms. The first kappa shape index (κ1) is 18.8. The largest absolute Gasteiger partial charge is 0.453 e. The first-order chi connectivity index (χ1) is 12.5. The van der Waals surface area contributed by atoms with E-state index in [1.807, 2.05) is 6.07 Å². The van der Waals surface area contributed by atoms with E-state index in [2.05, 4.69) is 10.6 Å². The van der Waals surface area contributed by atoms with E-state index in [-0.39, 0.29) is 30.4 Å². The Bertz CT molecular complexity index is 722. The summed E-state index contributed by atoms with van der Waals surface area (Å²) in [4.78, 5) is 38.6. The first-order valence-electron chi connectivity index (χ1n) is 8.35. The number of nitrogens with one attached hydrogen (secondary N) is 2. The maximum absolute atomic E-state index is 12.3. The number of thioether (sulfide) groups is 1. The van der Waals surface area contributed by atoms with E-state index in [0.29, 0.717) is 36.6 Å². The number of hydrogen-bond acceptors (Lipinski definition) is 5. The molecule has 2 aliphatic heterocycles. The molecule has 26 heavy (non-hydrogen) atoms. The van der Waals surface area contributed by atoms with Crippen molar-refractivity contribution in [1.29, 1.82) is 0 Å². The Balaban J connectivity index is 1.50. The van der Waals surface area contributed by atoms with Gasteiger partial charge in [0.1, 0.15) is 0 Å². The molecular weight excluding hydrogens is 378 g/mol. The van der Waals surface area contributed by atoms with Crippen molar-refractivity contribution in [1.82, 2.24) is 10.2 Å². The Labute approximate surface area is 160 Å². The average Bonchev–Trinajstić information content (AvgIpc) is 2.62. The summed E-state index contributed by atoms with van der Waals surface area (Å²) in [6.45, 7) is 1.09. The third-order valence-electron chi connectivity index (χ3n) is 4.42. The Morgan fingerprint density at radius 3 is 2.81 bits per heavy atom. The van der Waals surface area contributed by atoms with Gasteiger partial charge < -0.3 is 20.3 Å². The lowest BCUT2D eigenvalue weighted by molar-refractivity contribution is -0.124. The number of hydrogen-bond donors (Lipinski definition) is 2. The zero-order valence-corrected chi connectivity index (χ0v) is 15.9. The monoisotopic (exact) mass is 397 g/mol. The number of rotatable bonds is 3. The average molecular weight is 398 g/mol. The molecule has 3 rings (SSSR count). The fourth-order valence-electron chi connectivity index (χ4n) is 3.05. The van der Waals surface area contributed by atoms with Gasteiger partial charge in [0.15, 0.2) is 0 Å². The van der Waals surface area contributed by atoms with Gasteiger partial charge in [0.05, 0.1) is 18.0 Å². The van der Waals surface area contributed by atoms with Crippen LogP contribution in [0.25, 0.3) is 0 Å². The molecular formula is C17H20ClN3O4S. The third kappa shape index (κ3) is 4.42. The highest BCUT2D eigenvalue weighted by molar-refractivity contribution is 8.01. The number of piperidine rings is 1. The number of likely N-dealkylation sites (tertiary alicyclic amines) is 1. The number of carbonyl (C=O) groups is 3. The van der Waals surface area contributed by atoms with Crippen LogP contribution >= 0.6 is 23.4 Å². The molecule has 1 unspecified atom stereocenters. The molecule has 0 aromatic heterocycles. The van der Waals surface area contributed by atoms with Gasteiger partial charge in [-0.2, -0.15) is 0 Å². The Morgan fingerprint density at radius 1 is 1.38 bits per heavy atom. The van der Waals surface area contributed by atoms with Crippen LogP contribution in [-0.4, -0.2) is 54.3 Å². The van der Waals surface area contributed by atoms with Crippen LogP contribution in [0.3, 0.4) is 0 Å². The van der Waals surface area contributed by atoms with Gasteiger partial charge in [-0.25, -0.2) is 4.79 Å². The van der Waals surface area contributed by atoms with Crippen LogP contribution in [0.15, 0.2) is 23.1 Å². The van der Waals surface area contributed by atoms with Crippen LogP contribution in [0, 0.1) is 0 Å². The van der Waals surface area contributed by atoms with E-state index < -0.39 is 5.25 Å². The maximum atomic E-state index is 12.3. The summed E-state index contributed by atoms with van der Waals surface area (Å²) >= 11 is 7.31. The maximum Gasteiger partial charge on any atom is 0.409 e. The Hall–Kier alpha value is -1.93. The molecule has 2 heterocycles. The second-order valence-electron chi connectivity index (χ2n) is 6.24. The highest BCUT2D eigenvalue weighted by Crippen LogP contribution is 2.38. The third-order valence-corrected chi connectivity index (χ3v) is 5.94. The van der Waals surface area contributed by atoms with Crippen molar-refractivity contribution >= 4 is 47.0 Å². The molecule has 2 N–H and O–H groups in total. The zero-order chi connectivity index (χ0) is 18.7. The van der Waals surface area contributed by atoms with E-state index in [1.54, 1.807) is 17.0 Å². The summed E-state index contributed by atoms with van der Waals surface area (Å²) in [7, 11) is 1.36. The molecule has 0 spiro atoms. The molecule has 2 aliphatic rings. The molecule has 1 saturated heterocycles.